The fourth-order valence-electron chi connectivity index (χ4n) is 3.86. The lowest BCUT2D eigenvalue weighted by atomic mass is 9.66. The number of hydrogen-bond donors (Lipinski definition) is 1. The highest BCUT2D eigenvalue weighted by Gasteiger charge is 2.40. The molecule has 0 amide bonds. The molecule has 2 rings (SSSR count). The zero-order valence-corrected chi connectivity index (χ0v) is 11.0. The third kappa shape index (κ3) is 2.61. The molecule has 16 heavy (non-hydrogen) atoms. The maximum Gasteiger partial charge on any atom is 0.0675 e. The molecule has 0 aliphatic heterocycles. The molecule has 0 saturated heterocycles. The zero-order valence-electron chi connectivity index (χ0n) is 11.0. The molecule has 1 unspecified atom stereocenters. The van der Waals surface area contributed by atoms with Gasteiger partial charge in [0.25, 0.3) is 0 Å². The summed E-state index contributed by atoms with van der Waals surface area (Å²) >= 11 is 0. The Balaban J connectivity index is 1.94. The van der Waals surface area contributed by atoms with E-state index in [9.17, 15) is 5.11 Å². The van der Waals surface area contributed by atoms with Gasteiger partial charge in [0.05, 0.1) is 5.60 Å². The molecule has 94 valence electrons. The molecule has 2 aliphatic carbocycles. The quantitative estimate of drug-likeness (QED) is 0.747. The lowest BCUT2D eigenvalue weighted by Gasteiger charge is -2.44. The minimum Gasteiger partial charge on any atom is -0.390 e. The van der Waals surface area contributed by atoms with Crippen molar-refractivity contribution >= 4 is 0 Å². The summed E-state index contributed by atoms with van der Waals surface area (Å²) in [6.07, 6.45) is 11.7. The van der Waals surface area contributed by atoms with Crippen LogP contribution in [0.4, 0.5) is 0 Å². The average molecular weight is 224 g/mol. The molecule has 2 aliphatic rings. The smallest absolute Gasteiger partial charge is 0.0675 e. The summed E-state index contributed by atoms with van der Waals surface area (Å²) in [5, 5.41) is 10.9. The van der Waals surface area contributed by atoms with Gasteiger partial charge in [-0.05, 0) is 50.4 Å². The van der Waals surface area contributed by atoms with Crippen LogP contribution in [-0.4, -0.2) is 10.7 Å². The third-order valence-corrected chi connectivity index (χ3v) is 5.27. The van der Waals surface area contributed by atoms with E-state index < -0.39 is 0 Å². The lowest BCUT2D eigenvalue weighted by molar-refractivity contribution is -0.0796. The van der Waals surface area contributed by atoms with Crippen molar-refractivity contribution in [2.45, 2.75) is 77.2 Å². The first kappa shape index (κ1) is 12.4. The molecule has 1 N–H and O–H groups in total. The second kappa shape index (κ2) is 5.08. The van der Waals surface area contributed by atoms with E-state index in [0.29, 0.717) is 11.8 Å². The predicted octanol–water partition coefficient (Wildman–Crippen LogP) is 4.14. The van der Waals surface area contributed by atoms with Gasteiger partial charge in [0.2, 0.25) is 0 Å². The minimum absolute atomic E-state index is 0.374. The van der Waals surface area contributed by atoms with Crippen LogP contribution in [0.1, 0.15) is 71.6 Å². The molecule has 0 aromatic carbocycles. The van der Waals surface area contributed by atoms with Gasteiger partial charge in [-0.25, -0.2) is 0 Å². The first-order valence-electron chi connectivity index (χ1n) is 7.33. The Morgan fingerprint density at radius 2 is 1.31 bits per heavy atom. The van der Waals surface area contributed by atoms with Gasteiger partial charge in [-0.2, -0.15) is 0 Å². The summed E-state index contributed by atoms with van der Waals surface area (Å²) < 4.78 is 0. The summed E-state index contributed by atoms with van der Waals surface area (Å²) in [6, 6.07) is 0. The van der Waals surface area contributed by atoms with Crippen LogP contribution in [0.25, 0.3) is 0 Å². The molecule has 1 nitrogen and oxygen atoms in total. The van der Waals surface area contributed by atoms with Gasteiger partial charge in [0.1, 0.15) is 0 Å². The van der Waals surface area contributed by atoms with Gasteiger partial charge in [0.15, 0.2) is 0 Å². The summed E-state index contributed by atoms with van der Waals surface area (Å²) in [5.74, 6) is 2.05. The standard InChI is InChI=1S/C15H28O/c1-12-8-10-14(11-9-12)15(2,16)13-6-4-3-5-7-13/h12-14,16H,3-11H2,1-2H3. The Kier molecular flexibility index (Phi) is 3.94. The van der Waals surface area contributed by atoms with E-state index in [4.69, 9.17) is 0 Å². The number of aliphatic hydroxyl groups is 1. The van der Waals surface area contributed by atoms with Crippen molar-refractivity contribution in [1.29, 1.82) is 0 Å². The van der Waals surface area contributed by atoms with E-state index in [0.717, 1.165) is 5.92 Å². The Hall–Kier alpha value is -0.0400. The highest BCUT2D eigenvalue weighted by molar-refractivity contribution is 4.92. The molecule has 0 bridgehead atoms. The van der Waals surface area contributed by atoms with Gasteiger partial charge >= 0.3 is 0 Å². The molecule has 0 aromatic heterocycles. The molecule has 1 atom stereocenters. The second-order valence-corrected chi connectivity index (χ2v) is 6.52. The average Bonchev–Trinajstić information content (AvgIpc) is 2.31. The predicted molar refractivity (Wildman–Crippen MR) is 68.3 cm³/mol. The molecular weight excluding hydrogens is 196 g/mol. The van der Waals surface area contributed by atoms with Crippen LogP contribution in [0.15, 0.2) is 0 Å². The molecular formula is C15H28O. The van der Waals surface area contributed by atoms with Crippen LogP contribution in [0.2, 0.25) is 0 Å². The van der Waals surface area contributed by atoms with Gasteiger partial charge < -0.3 is 5.11 Å². The Bertz CT molecular complexity index is 207. The van der Waals surface area contributed by atoms with Gasteiger partial charge in [-0.15, -0.1) is 0 Å². The maximum absolute atomic E-state index is 10.9. The molecule has 0 radical (unpaired) electrons. The van der Waals surface area contributed by atoms with Gasteiger partial charge in [-0.1, -0.05) is 39.0 Å². The number of hydrogen-bond acceptors (Lipinski definition) is 1. The fourth-order valence-corrected chi connectivity index (χ4v) is 3.86. The zero-order chi connectivity index (χ0) is 11.6. The molecule has 0 spiro atoms. The normalized spacial score (nSPS) is 36.9. The molecule has 2 fully saturated rings. The minimum atomic E-state index is -0.374. The van der Waals surface area contributed by atoms with Gasteiger partial charge in [-0.3, -0.25) is 0 Å². The molecule has 0 aromatic rings. The fraction of sp³-hybridized carbons (Fsp3) is 1.00. The van der Waals surface area contributed by atoms with Gasteiger partial charge in [0, 0.05) is 0 Å². The summed E-state index contributed by atoms with van der Waals surface area (Å²) in [4.78, 5) is 0. The van der Waals surface area contributed by atoms with Crippen LogP contribution in [-0.2, 0) is 0 Å². The van der Waals surface area contributed by atoms with E-state index >= 15 is 0 Å². The SMILES string of the molecule is CC1CCC(C(C)(O)C2CCCCC2)CC1. The summed E-state index contributed by atoms with van der Waals surface area (Å²) in [5.41, 5.74) is -0.374. The van der Waals surface area contributed by atoms with E-state index in [1.165, 1.54) is 57.8 Å². The van der Waals surface area contributed by atoms with Crippen molar-refractivity contribution < 1.29 is 5.11 Å². The van der Waals surface area contributed by atoms with Crippen LogP contribution >= 0.6 is 0 Å². The monoisotopic (exact) mass is 224 g/mol. The van der Waals surface area contributed by atoms with Crippen LogP contribution in [0, 0.1) is 17.8 Å². The van der Waals surface area contributed by atoms with Crippen molar-refractivity contribution in [1.82, 2.24) is 0 Å². The van der Waals surface area contributed by atoms with E-state index in [2.05, 4.69) is 13.8 Å². The lowest BCUT2D eigenvalue weighted by Crippen LogP contribution is -2.44. The Morgan fingerprint density at radius 1 is 0.812 bits per heavy atom. The van der Waals surface area contributed by atoms with E-state index in [1.54, 1.807) is 0 Å². The topological polar surface area (TPSA) is 20.2 Å². The highest BCUT2D eigenvalue weighted by Crippen LogP contribution is 2.43. The Morgan fingerprint density at radius 3 is 1.88 bits per heavy atom. The third-order valence-electron chi connectivity index (χ3n) is 5.27. The summed E-state index contributed by atoms with van der Waals surface area (Å²) in [7, 11) is 0. The largest absolute Gasteiger partial charge is 0.390 e. The Labute approximate surface area is 101 Å². The van der Waals surface area contributed by atoms with Crippen molar-refractivity contribution in [3.8, 4) is 0 Å². The number of rotatable bonds is 2. The van der Waals surface area contributed by atoms with E-state index in [1.807, 2.05) is 0 Å². The highest BCUT2D eigenvalue weighted by atomic mass is 16.3. The second-order valence-electron chi connectivity index (χ2n) is 6.52. The summed E-state index contributed by atoms with van der Waals surface area (Å²) in [6.45, 7) is 4.48. The van der Waals surface area contributed by atoms with Crippen LogP contribution in [0.5, 0.6) is 0 Å². The molecule has 1 heteroatoms. The van der Waals surface area contributed by atoms with Crippen LogP contribution in [0.3, 0.4) is 0 Å². The molecule has 0 heterocycles. The van der Waals surface area contributed by atoms with E-state index in [-0.39, 0.29) is 5.60 Å². The first-order chi connectivity index (χ1) is 7.60. The van der Waals surface area contributed by atoms with Crippen molar-refractivity contribution in [3.05, 3.63) is 0 Å². The van der Waals surface area contributed by atoms with Crippen LogP contribution < -0.4 is 0 Å². The van der Waals surface area contributed by atoms with Crippen molar-refractivity contribution in [2.24, 2.45) is 17.8 Å². The van der Waals surface area contributed by atoms with Crippen molar-refractivity contribution in [2.75, 3.05) is 0 Å². The maximum atomic E-state index is 10.9. The molecule has 2 saturated carbocycles. The van der Waals surface area contributed by atoms with Crippen molar-refractivity contribution in [3.63, 3.8) is 0 Å². The first-order valence-corrected chi connectivity index (χ1v) is 7.33.